The second-order valence-corrected chi connectivity index (χ2v) is 1.41. The minimum absolute atomic E-state index is 0. The van der Waals surface area contributed by atoms with Crippen molar-refractivity contribution in [2.45, 2.75) is 12.8 Å². The summed E-state index contributed by atoms with van der Waals surface area (Å²) in [4.78, 5) is 10.2. The number of allylic oxidation sites excluding steroid dienone is 2. The van der Waals surface area contributed by atoms with Gasteiger partial charge in [-0.1, -0.05) is 6.08 Å². The Labute approximate surface area is 48.8 Å². The van der Waals surface area contributed by atoms with Gasteiger partial charge in [0.15, 0.2) is 5.78 Å². The zero-order valence-electron chi connectivity index (χ0n) is 3.89. The molecule has 0 unspecified atom stereocenters. The predicted octanol–water partition coefficient (Wildman–Crippen LogP) is 1.33. The standard InChI is InChI=1S/C5H6O.ClH/c6-5-3-1-2-4-5;/h1,3H,2,4H2;1H. The van der Waals surface area contributed by atoms with Gasteiger partial charge in [-0.25, -0.2) is 0 Å². The summed E-state index contributed by atoms with van der Waals surface area (Å²) in [6.07, 6.45) is 5.24. The van der Waals surface area contributed by atoms with E-state index in [1.54, 1.807) is 6.08 Å². The zero-order valence-corrected chi connectivity index (χ0v) is 4.70. The third-order valence-corrected chi connectivity index (χ3v) is 0.861. The monoisotopic (exact) mass is 118 g/mol. The Bertz CT molecular complexity index is 96.3. The Kier molecular flexibility index (Phi) is 2.68. The van der Waals surface area contributed by atoms with Crippen LogP contribution in [0, 0.1) is 0 Å². The third-order valence-electron chi connectivity index (χ3n) is 0.861. The van der Waals surface area contributed by atoms with Crippen LogP contribution in [0.3, 0.4) is 0 Å². The molecule has 0 saturated carbocycles. The van der Waals surface area contributed by atoms with Crippen molar-refractivity contribution in [2.75, 3.05) is 0 Å². The highest BCUT2D eigenvalue weighted by Crippen LogP contribution is 2.01. The van der Waals surface area contributed by atoms with Gasteiger partial charge in [-0.05, 0) is 12.5 Å². The summed E-state index contributed by atoms with van der Waals surface area (Å²) in [6, 6.07) is 0. The number of ketones is 1. The molecule has 0 saturated heterocycles. The molecule has 40 valence electrons. The SMILES string of the molecule is Cl.O=C1C=CCC1. The molecule has 1 nitrogen and oxygen atoms in total. The first kappa shape index (κ1) is 6.70. The van der Waals surface area contributed by atoms with Gasteiger partial charge in [0, 0.05) is 6.42 Å². The van der Waals surface area contributed by atoms with Crippen molar-refractivity contribution in [2.24, 2.45) is 0 Å². The lowest BCUT2D eigenvalue weighted by Crippen LogP contribution is -1.80. The number of hydrogen-bond acceptors (Lipinski definition) is 1. The summed E-state index contributed by atoms with van der Waals surface area (Å²) in [5.74, 6) is 0.273. The molecular formula is C5H7ClO. The van der Waals surface area contributed by atoms with E-state index in [1.165, 1.54) is 0 Å². The van der Waals surface area contributed by atoms with Crippen LogP contribution in [0.1, 0.15) is 12.8 Å². The summed E-state index contributed by atoms with van der Waals surface area (Å²) in [6.45, 7) is 0. The second kappa shape index (κ2) is 2.80. The maximum Gasteiger partial charge on any atom is 0.155 e. The first-order valence-corrected chi connectivity index (χ1v) is 2.09. The van der Waals surface area contributed by atoms with Crippen molar-refractivity contribution < 1.29 is 4.79 Å². The van der Waals surface area contributed by atoms with Crippen LogP contribution in [0.5, 0.6) is 0 Å². The van der Waals surface area contributed by atoms with E-state index in [0.29, 0.717) is 0 Å². The Hall–Kier alpha value is -0.300. The predicted molar refractivity (Wildman–Crippen MR) is 30.6 cm³/mol. The average molecular weight is 119 g/mol. The Balaban J connectivity index is 0.000000360. The molecule has 2 heteroatoms. The molecule has 1 aliphatic carbocycles. The minimum Gasteiger partial charge on any atom is -0.295 e. The first-order chi connectivity index (χ1) is 2.89. The van der Waals surface area contributed by atoms with Crippen molar-refractivity contribution in [3.05, 3.63) is 12.2 Å². The van der Waals surface area contributed by atoms with Crippen LogP contribution >= 0.6 is 12.4 Å². The fraction of sp³-hybridized carbons (Fsp3) is 0.400. The van der Waals surface area contributed by atoms with Crippen LogP contribution in [0.2, 0.25) is 0 Å². The number of carbonyl (C=O) groups excluding carboxylic acids is 1. The van der Waals surface area contributed by atoms with Gasteiger partial charge in [-0.2, -0.15) is 0 Å². The molecule has 0 aliphatic heterocycles. The first-order valence-electron chi connectivity index (χ1n) is 2.09. The van der Waals surface area contributed by atoms with E-state index < -0.39 is 0 Å². The van der Waals surface area contributed by atoms with Crippen LogP contribution in [-0.4, -0.2) is 5.78 Å². The number of halogens is 1. The number of hydrogen-bond donors (Lipinski definition) is 0. The molecule has 0 amide bonds. The highest BCUT2D eigenvalue weighted by Gasteiger charge is 1.98. The fourth-order valence-electron chi connectivity index (χ4n) is 0.524. The van der Waals surface area contributed by atoms with Gasteiger partial charge in [0.1, 0.15) is 0 Å². The molecule has 1 rings (SSSR count). The van der Waals surface area contributed by atoms with E-state index in [-0.39, 0.29) is 18.2 Å². The molecule has 7 heavy (non-hydrogen) atoms. The molecule has 0 aromatic heterocycles. The molecule has 1 aliphatic rings. The summed E-state index contributed by atoms with van der Waals surface area (Å²) in [5, 5.41) is 0. The minimum atomic E-state index is 0. The van der Waals surface area contributed by atoms with Crippen molar-refractivity contribution >= 4 is 18.2 Å². The second-order valence-electron chi connectivity index (χ2n) is 1.41. The normalized spacial score (nSPS) is 16.9. The van der Waals surface area contributed by atoms with Crippen LogP contribution in [0.25, 0.3) is 0 Å². The Morgan fingerprint density at radius 3 is 2.43 bits per heavy atom. The van der Waals surface area contributed by atoms with Crippen molar-refractivity contribution in [1.29, 1.82) is 0 Å². The van der Waals surface area contributed by atoms with E-state index >= 15 is 0 Å². The van der Waals surface area contributed by atoms with Gasteiger partial charge in [-0.3, -0.25) is 4.79 Å². The molecule has 0 heterocycles. The van der Waals surface area contributed by atoms with Gasteiger partial charge in [-0.15, -0.1) is 12.4 Å². The van der Waals surface area contributed by atoms with E-state index in [0.717, 1.165) is 12.8 Å². The van der Waals surface area contributed by atoms with Gasteiger partial charge >= 0.3 is 0 Å². The largest absolute Gasteiger partial charge is 0.295 e. The molecule has 0 aromatic rings. The van der Waals surface area contributed by atoms with E-state index in [1.807, 2.05) is 6.08 Å². The Morgan fingerprint density at radius 2 is 2.29 bits per heavy atom. The van der Waals surface area contributed by atoms with Gasteiger partial charge in [0.2, 0.25) is 0 Å². The van der Waals surface area contributed by atoms with E-state index in [4.69, 9.17) is 0 Å². The smallest absolute Gasteiger partial charge is 0.155 e. The molecule has 0 atom stereocenters. The van der Waals surface area contributed by atoms with Crippen molar-refractivity contribution in [3.63, 3.8) is 0 Å². The summed E-state index contributed by atoms with van der Waals surface area (Å²) in [7, 11) is 0. The lowest BCUT2D eigenvalue weighted by Gasteiger charge is -1.71. The molecule has 0 bridgehead atoms. The molecule has 0 spiro atoms. The van der Waals surface area contributed by atoms with Crippen LogP contribution < -0.4 is 0 Å². The highest BCUT2D eigenvalue weighted by molar-refractivity contribution is 5.91. The molecule has 0 fully saturated rings. The van der Waals surface area contributed by atoms with Gasteiger partial charge < -0.3 is 0 Å². The average Bonchev–Trinajstić information content (AvgIpc) is 1.86. The maximum absolute atomic E-state index is 10.2. The van der Waals surface area contributed by atoms with Crippen LogP contribution in [-0.2, 0) is 4.79 Å². The summed E-state index contributed by atoms with van der Waals surface area (Å²) >= 11 is 0. The number of rotatable bonds is 0. The Morgan fingerprint density at radius 1 is 1.57 bits per heavy atom. The quantitative estimate of drug-likeness (QED) is 0.469. The van der Waals surface area contributed by atoms with Gasteiger partial charge in [0.05, 0.1) is 0 Å². The molecular weight excluding hydrogens is 112 g/mol. The number of carbonyl (C=O) groups is 1. The van der Waals surface area contributed by atoms with Crippen LogP contribution in [0.15, 0.2) is 12.2 Å². The highest BCUT2D eigenvalue weighted by atomic mass is 35.5. The van der Waals surface area contributed by atoms with Crippen molar-refractivity contribution in [3.8, 4) is 0 Å². The van der Waals surface area contributed by atoms with Crippen LogP contribution in [0.4, 0.5) is 0 Å². The molecule has 0 radical (unpaired) electrons. The van der Waals surface area contributed by atoms with E-state index in [2.05, 4.69) is 0 Å². The maximum atomic E-state index is 10.2. The topological polar surface area (TPSA) is 17.1 Å². The fourth-order valence-corrected chi connectivity index (χ4v) is 0.524. The zero-order chi connectivity index (χ0) is 4.41. The summed E-state index contributed by atoms with van der Waals surface area (Å²) < 4.78 is 0. The lowest BCUT2D eigenvalue weighted by molar-refractivity contribution is -0.114. The lowest BCUT2D eigenvalue weighted by atomic mass is 10.3. The van der Waals surface area contributed by atoms with Crippen molar-refractivity contribution in [1.82, 2.24) is 0 Å². The van der Waals surface area contributed by atoms with Gasteiger partial charge in [0.25, 0.3) is 0 Å². The van der Waals surface area contributed by atoms with E-state index in [9.17, 15) is 4.79 Å². The molecule has 0 aromatic carbocycles. The summed E-state index contributed by atoms with van der Waals surface area (Å²) in [5.41, 5.74) is 0. The molecule has 0 N–H and O–H groups in total. The third kappa shape index (κ3) is 1.74.